The number of allylic oxidation sites excluding steroid dienone is 1. The van der Waals surface area contributed by atoms with Gasteiger partial charge in [-0.3, -0.25) is 0 Å². The van der Waals surface area contributed by atoms with Crippen molar-refractivity contribution in [1.82, 2.24) is 0 Å². The van der Waals surface area contributed by atoms with Gasteiger partial charge in [-0.2, -0.15) is 0 Å². The molecule has 27 heavy (non-hydrogen) atoms. The molecule has 0 aromatic heterocycles. The normalized spacial score (nSPS) is 52.6. The number of hydrogen-bond acceptors (Lipinski definition) is 2. The lowest BCUT2D eigenvalue weighted by atomic mass is 9.46. The third-order valence-electron chi connectivity index (χ3n) is 9.61. The molecule has 1 aliphatic heterocycles. The van der Waals surface area contributed by atoms with Gasteiger partial charge in [-0.15, -0.1) is 0 Å². The van der Waals surface area contributed by atoms with Gasteiger partial charge in [-0.25, -0.2) is 0 Å². The molecule has 0 bridgehead atoms. The van der Waals surface area contributed by atoms with Crippen LogP contribution in [0.15, 0.2) is 24.3 Å². The molecule has 4 saturated carbocycles. The fraction of sp³-hybridized carbons (Fsp3) is 0.800. The van der Waals surface area contributed by atoms with Crippen LogP contribution >= 0.6 is 0 Å². The van der Waals surface area contributed by atoms with Crippen LogP contribution in [0.1, 0.15) is 65.7 Å². The minimum Gasteiger partial charge on any atom is -0.366 e. The molecular formula is C25H36O2. The molecule has 1 heterocycles. The summed E-state index contributed by atoms with van der Waals surface area (Å²) < 4.78 is 6.59. The number of hydrogen-bond donors (Lipinski definition) is 0. The van der Waals surface area contributed by atoms with Crippen LogP contribution in [0.5, 0.6) is 0 Å². The molecule has 9 atom stereocenters. The number of ketones is 1. The molecular weight excluding hydrogens is 332 g/mol. The molecule has 0 aromatic rings. The van der Waals surface area contributed by atoms with E-state index in [0.717, 1.165) is 55.0 Å². The van der Waals surface area contributed by atoms with Crippen LogP contribution in [0.25, 0.3) is 0 Å². The van der Waals surface area contributed by atoms with Crippen molar-refractivity contribution >= 4 is 5.78 Å². The van der Waals surface area contributed by atoms with Gasteiger partial charge in [0.25, 0.3) is 0 Å². The Morgan fingerprint density at radius 1 is 1.37 bits per heavy atom. The van der Waals surface area contributed by atoms with Crippen molar-refractivity contribution in [2.45, 2.75) is 71.3 Å². The summed E-state index contributed by atoms with van der Waals surface area (Å²) in [5, 5.41) is 0. The average molecular weight is 369 g/mol. The highest BCUT2D eigenvalue weighted by Crippen LogP contribution is 2.78. The minimum atomic E-state index is 0.0467. The number of ether oxygens (including phenoxy) is 1. The first-order valence-corrected chi connectivity index (χ1v) is 11.4. The lowest BCUT2D eigenvalue weighted by molar-refractivity contribution is -0.150. The lowest BCUT2D eigenvalue weighted by Crippen LogP contribution is -2.57. The van der Waals surface area contributed by atoms with Gasteiger partial charge in [0.15, 0.2) is 0 Å². The fourth-order valence-electron chi connectivity index (χ4n) is 8.76. The van der Waals surface area contributed by atoms with E-state index in [1.165, 1.54) is 37.7 Å². The number of Topliss-reactive ketones (excluding diaryl/α,β-unsaturated/α-hetero) is 1. The van der Waals surface area contributed by atoms with E-state index in [4.69, 9.17) is 4.74 Å². The van der Waals surface area contributed by atoms with Gasteiger partial charge in [-0.05, 0) is 86.9 Å². The molecule has 2 nitrogen and oxygen atoms in total. The van der Waals surface area contributed by atoms with Crippen LogP contribution in [0.4, 0.5) is 0 Å². The van der Waals surface area contributed by atoms with Crippen molar-refractivity contribution in [3.63, 3.8) is 0 Å². The average Bonchev–Trinajstić information content (AvgIpc) is 3.21. The molecule has 5 rings (SSSR count). The van der Waals surface area contributed by atoms with E-state index in [2.05, 4.69) is 32.6 Å². The lowest BCUT2D eigenvalue weighted by Gasteiger charge is -2.59. The smallest absolute Gasteiger partial charge is 0.129 e. The second kappa shape index (κ2) is 6.05. The summed E-state index contributed by atoms with van der Waals surface area (Å²) in [6.07, 6.45) is 13.0. The van der Waals surface area contributed by atoms with Crippen molar-refractivity contribution in [3.05, 3.63) is 24.3 Å². The van der Waals surface area contributed by atoms with Crippen molar-refractivity contribution in [2.24, 2.45) is 46.8 Å². The predicted molar refractivity (Wildman–Crippen MR) is 108 cm³/mol. The fourth-order valence-corrected chi connectivity index (χ4v) is 8.76. The Kier molecular flexibility index (Phi) is 4.07. The van der Waals surface area contributed by atoms with E-state index >= 15 is 0 Å². The van der Waals surface area contributed by atoms with Crippen molar-refractivity contribution in [1.29, 1.82) is 0 Å². The Labute approximate surface area is 164 Å². The number of fused-ring (bicyclic) bond motifs is 7. The van der Waals surface area contributed by atoms with Crippen LogP contribution in [0.3, 0.4) is 0 Å². The maximum Gasteiger partial charge on any atom is 0.129 e. The quantitative estimate of drug-likeness (QED) is 0.605. The van der Waals surface area contributed by atoms with Gasteiger partial charge in [0.05, 0.1) is 12.2 Å². The summed E-state index contributed by atoms with van der Waals surface area (Å²) in [6.45, 7) is 12.0. The summed E-state index contributed by atoms with van der Waals surface area (Å²) >= 11 is 0. The molecule has 148 valence electrons. The van der Waals surface area contributed by atoms with Crippen LogP contribution in [-0.4, -0.2) is 18.0 Å². The van der Waals surface area contributed by atoms with Gasteiger partial charge < -0.3 is 9.53 Å². The highest BCUT2D eigenvalue weighted by Gasteiger charge is 2.77. The van der Waals surface area contributed by atoms with Crippen LogP contribution in [0.2, 0.25) is 0 Å². The summed E-state index contributed by atoms with van der Waals surface area (Å²) in [5.74, 6) is 5.64. The Hall–Kier alpha value is -0.890. The van der Waals surface area contributed by atoms with Crippen LogP contribution in [0, 0.1) is 46.8 Å². The summed E-state index contributed by atoms with van der Waals surface area (Å²) in [7, 11) is 0. The number of rotatable bonds is 4. The summed E-state index contributed by atoms with van der Waals surface area (Å²) in [5.41, 5.74) is 1.84. The summed E-state index contributed by atoms with van der Waals surface area (Å²) in [4.78, 5) is 11.7. The van der Waals surface area contributed by atoms with Crippen molar-refractivity contribution in [2.75, 3.05) is 6.61 Å². The van der Waals surface area contributed by atoms with E-state index in [9.17, 15) is 4.79 Å². The largest absolute Gasteiger partial charge is 0.366 e. The maximum absolute atomic E-state index is 11.7. The second-order valence-corrected chi connectivity index (χ2v) is 10.5. The first kappa shape index (κ1) is 18.2. The van der Waals surface area contributed by atoms with E-state index < -0.39 is 0 Å². The number of carbonyl (C=O) groups excluding carboxylic acids is 1. The molecule has 4 fully saturated rings. The van der Waals surface area contributed by atoms with Crippen molar-refractivity contribution < 1.29 is 9.53 Å². The molecule has 0 aromatic carbocycles. The zero-order chi connectivity index (χ0) is 19.0. The molecule has 2 heteroatoms. The first-order chi connectivity index (χ1) is 12.9. The highest BCUT2D eigenvalue weighted by molar-refractivity contribution is 5.75. The second-order valence-electron chi connectivity index (χ2n) is 10.5. The molecule has 8 unspecified atom stereocenters. The Morgan fingerprint density at radius 3 is 2.85 bits per heavy atom. The van der Waals surface area contributed by atoms with Gasteiger partial charge in [0.1, 0.15) is 5.78 Å². The van der Waals surface area contributed by atoms with E-state index in [1.807, 2.05) is 0 Å². The van der Waals surface area contributed by atoms with Crippen LogP contribution in [-0.2, 0) is 9.53 Å². The van der Waals surface area contributed by atoms with E-state index in [0.29, 0.717) is 17.1 Å². The molecule has 0 saturated heterocycles. The maximum atomic E-state index is 11.7. The highest BCUT2D eigenvalue weighted by atomic mass is 16.5. The summed E-state index contributed by atoms with van der Waals surface area (Å²) in [6, 6.07) is 0. The molecule has 5 aliphatic rings. The standard InChI is InChI=1S/C25H36O2/c1-5-24-11-9-19-18(8-7-17(4)26)15(2)13-16(3)22(19)23(24)20-14-21(20)25(24)10-6-12-27-25/h6,10,16,18-23H,2,5,7-9,11-14H2,1,3-4H3/t16?,18?,19?,20?,21-,22?,23?,24?,25?/m0/s1. The van der Waals surface area contributed by atoms with Gasteiger partial charge >= 0.3 is 0 Å². The zero-order valence-electron chi connectivity index (χ0n) is 17.4. The topological polar surface area (TPSA) is 26.3 Å². The Morgan fingerprint density at radius 2 is 2.19 bits per heavy atom. The SMILES string of the molecule is C=C1CC(C)C2C(CCC3(CC)C2C2C[C@@H]2C32C=CCO2)C1CCC(C)=O. The Bertz CT molecular complexity index is 692. The molecule has 0 N–H and O–H groups in total. The first-order valence-electron chi connectivity index (χ1n) is 11.4. The third kappa shape index (κ3) is 2.26. The third-order valence-corrected chi connectivity index (χ3v) is 9.61. The number of carbonyl (C=O) groups is 1. The molecule has 0 radical (unpaired) electrons. The zero-order valence-corrected chi connectivity index (χ0v) is 17.4. The minimum absolute atomic E-state index is 0.0467. The van der Waals surface area contributed by atoms with Gasteiger partial charge in [0, 0.05) is 11.8 Å². The van der Waals surface area contributed by atoms with Crippen LogP contribution < -0.4 is 0 Å². The Balaban J connectivity index is 1.51. The van der Waals surface area contributed by atoms with Gasteiger partial charge in [-0.1, -0.05) is 38.2 Å². The monoisotopic (exact) mass is 368 g/mol. The molecule has 0 amide bonds. The predicted octanol–water partition coefficient (Wildman–Crippen LogP) is 5.58. The van der Waals surface area contributed by atoms with E-state index in [1.54, 1.807) is 6.92 Å². The van der Waals surface area contributed by atoms with E-state index in [-0.39, 0.29) is 5.60 Å². The molecule has 1 spiro atoms. The van der Waals surface area contributed by atoms with Gasteiger partial charge in [0.2, 0.25) is 0 Å². The molecule has 4 aliphatic carbocycles. The van der Waals surface area contributed by atoms with Crippen molar-refractivity contribution in [3.8, 4) is 0 Å².